The number of benzene rings is 1. The van der Waals surface area contributed by atoms with Crippen LogP contribution >= 0.6 is 0 Å². The van der Waals surface area contributed by atoms with Crippen LogP contribution in [0.15, 0.2) is 24.3 Å². The third-order valence-corrected chi connectivity index (χ3v) is 3.47. The smallest absolute Gasteiger partial charge is 0.269 e. The minimum Gasteiger partial charge on any atom is -0.393 e. The van der Waals surface area contributed by atoms with Crippen molar-refractivity contribution in [3.05, 3.63) is 39.9 Å². The molecule has 1 fully saturated rings. The van der Waals surface area contributed by atoms with Gasteiger partial charge < -0.3 is 15.5 Å². The molecule has 1 saturated carbocycles. The van der Waals surface area contributed by atoms with E-state index in [2.05, 4.69) is 5.32 Å². The van der Waals surface area contributed by atoms with Crippen molar-refractivity contribution in [3.8, 4) is 0 Å². The van der Waals surface area contributed by atoms with Gasteiger partial charge in [-0.2, -0.15) is 0 Å². The lowest BCUT2D eigenvalue weighted by molar-refractivity contribution is -0.384. The number of hydrogen-bond donors (Lipinski definition) is 3. The third kappa shape index (κ3) is 3.73. The summed E-state index contributed by atoms with van der Waals surface area (Å²) in [6.07, 6.45) is 0.804. The Labute approximate surface area is 111 Å². The Hall–Kier alpha value is -1.50. The van der Waals surface area contributed by atoms with Gasteiger partial charge in [0.1, 0.15) is 0 Å². The number of non-ortho nitro benzene ring substituents is 1. The summed E-state index contributed by atoms with van der Waals surface area (Å²) < 4.78 is 0. The van der Waals surface area contributed by atoms with Crippen molar-refractivity contribution in [2.75, 3.05) is 13.1 Å². The maximum atomic E-state index is 10.5. The zero-order chi connectivity index (χ0) is 13.8. The number of nitrogens with one attached hydrogen (secondary N) is 1. The second-order valence-electron chi connectivity index (χ2n) is 5.01. The van der Waals surface area contributed by atoms with Crippen molar-refractivity contribution < 1.29 is 15.1 Å². The van der Waals surface area contributed by atoms with E-state index < -0.39 is 11.0 Å². The van der Waals surface area contributed by atoms with E-state index >= 15 is 0 Å². The van der Waals surface area contributed by atoms with Crippen molar-refractivity contribution >= 4 is 5.69 Å². The van der Waals surface area contributed by atoms with E-state index in [0.29, 0.717) is 18.0 Å². The van der Waals surface area contributed by atoms with Crippen molar-refractivity contribution in [2.45, 2.75) is 25.0 Å². The van der Waals surface area contributed by atoms with E-state index in [-0.39, 0.29) is 11.8 Å². The lowest BCUT2D eigenvalue weighted by Gasteiger charge is -2.31. The maximum absolute atomic E-state index is 10.5. The van der Waals surface area contributed by atoms with Gasteiger partial charge in [0.2, 0.25) is 0 Å². The monoisotopic (exact) mass is 266 g/mol. The molecule has 1 aromatic rings. The normalized spacial score (nSPS) is 23.7. The molecule has 0 aliphatic heterocycles. The zero-order valence-electron chi connectivity index (χ0n) is 10.5. The molecule has 0 aromatic heterocycles. The van der Waals surface area contributed by atoms with Gasteiger partial charge in [-0.05, 0) is 43.0 Å². The van der Waals surface area contributed by atoms with E-state index in [9.17, 15) is 15.2 Å². The van der Waals surface area contributed by atoms with Crippen LogP contribution < -0.4 is 5.32 Å². The quantitative estimate of drug-likeness (QED) is 0.527. The minimum atomic E-state index is -0.675. The number of aliphatic hydroxyl groups excluding tert-OH is 2. The molecule has 1 aromatic carbocycles. The molecular formula is C13H18N2O4. The van der Waals surface area contributed by atoms with Gasteiger partial charge >= 0.3 is 0 Å². The number of hydrogen-bond acceptors (Lipinski definition) is 5. The molecule has 1 aliphatic rings. The molecule has 1 unspecified atom stereocenters. The van der Waals surface area contributed by atoms with Crippen LogP contribution in [0.25, 0.3) is 0 Å². The Morgan fingerprint density at radius 3 is 2.53 bits per heavy atom. The van der Waals surface area contributed by atoms with Crippen molar-refractivity contribution in [3.63, 3.8) is 0 Å². The number of nitro groups is 1. The molecule has 0 radical (unpaired) electrons. The molecule has 1 atom stereocenters. The molecule has 1 aliphatic carbocycles. The largest absolute Gasteiger partial charge is 0.393 e. The highest BCUT2D eigenvalue weighted by Gasteiger charge is 2.26. The Morgan fingerprint density at radius 1 is 1.37 bits per heavy atom. The summed E-state index contributed by atoms with van der Waals surface area (Å²) in [5.41, 5.74) is 0.680. The minimum absolute atomic E-state index is 0.0207. The van der Waals surface area contributed by atoms with Crippen molar-refractivity contribution in [1.29, 1.82) is 0 Å². The fourth-order valence-electron chi connectivity index (χ4n) is 2.23. The first kappa shape index (κ1) is 13.9. The summed E-state index contributed by atoms with van der Waals surface area (Å²) in [5, 5.41) is 32.7. The first-order valence-electron chi connectivity index (χ1n) is 6.37. The van der Waals surface area contributed by atoms with Gasteiger partial charge in [-0.25, -0.2) is 0 Å². The number of rotatable bonds is 6. The summed E-state index contributed by atoms with van der Waals surface area (Å²) in [6.45, 7) is 1.19. The highest BCUT2D eigenvalue weighted by molar-refractivity contribution is 5.33. The first-order valence-corrected chi connectivity index (χ1v) is 6.37. The SMILES string of the molecule is O=[N+]([O-])c1ccc(C(O)CNCC2CC(O)C2)cc1. The molecule has 0 bridgehead atoms. The zero-order valence-corrected chi connectivity index (χ0v) is 10.5. The van der Waals surface area contributed by atoms with Crippen LogP contribution in [0.5, 0.6) is 0 Å². The van der Waals surface area contributed by atoms with E-state index in [0.717, 1.165) is 19.4 Å². The van der Waals surface area contributed by atoms with Gasteiger partial charge in [-0.3, -0.25) is 10.1 Å². The summed E-state index contributed by atoms with van der Waals surface area (Å²) in [5.74, 6) is 0.485. The lowest BCUT2D eigenvalue weighted by Crippen LogP contribution is -2.37. The van der Waals surface area contributed by atoms with Crippen LogP contribution in [0.1, 0.15) is 24.5 Å². The Bertz CT molecular complexity index is 429. The van der Waals surface area contributed by atoms with Crippen LogP contribution in [0.4, 0.5) is 5.69 Å². The molecule has 0 heterocycles. The Kier molecular flexibility index (Phi) is 4.47. The molecule has 104 valence electrons. The van der Waals surface area contributed by atoms with E-state index in [4.69, 9.17) is 5.11 Å². The van der Waals surface area contributed by atoms with Crippen LogP contribution in [0.3, 0.4) is 0 Å². The van der Waals surface area contributed by atoms with Crippen LogP contribution in [0.2, 0.25) is 0 Å². The van der Waals surface area contributed by atoms with Crippen LogP contribution in [-0.4, -0.2) is 34.3 Å². The summed E-state index contributed by atoms with van der Waals surface area (Å²) in [4.78, 5) is 10.0. The molecular weight excluding hydrogens is 248 g/mol. The average molecular weight is 266 g/mol. The van der Waals surface area contributed by atoms with Crippen LogP contribution in [0, 0.1) is 16.0 Å². The van der Waals surface area contributed by atoms with Gasteiger partial charge in [-0.1, -0.05) is 0 Å². The highest BCUT2D eigenvalue weighted by Crippen LogP contribution is 2.26. The summed E-state index contributed by atoms with van der Waals surface area (Å²) in [7, 11) is 0. The topological polar surface area (TPSA) is 95.6 Å². The number of nitrogens with zero attached hydrogens (tertiary/aromatic N) is 1. The number of aliphatic hydroxyl groups is 2. The van der Waals surface area contributed by atoms with Gasteiger partial charge in [0.25, 0.3) is 5.69 Å². The van der Waals surface area contributed by atoms with Crippen LogP contribution in [-0.2, 0) is 0 Å². The summed E-state index contributed by atoms with van der Waals surface area (Å²) >= 11 is 0. The third-order valence-electron chi connectivity index (χ3n) is 3.47. The molecule has 6 heteroatoms. The Morgan fingerprint density at radius 2 is 2.00 bits per heavy atom. The predicted octanol–water partition coefficient (Wildman–Crippen LogP) is 0.989. The standard InChI is InChI=1S/C13H18N2O4/c16-12-5-9(6-12)7-14-8-13(17)10-1-3-11(4-2-10)15(18)19/h1-4,9,12-14,16-17H,5-8H2. The fraction of sp³-hybridized carbons (Fsp3) is 0.538. The highest BCUT2D eigenvalue weighted by atomic mass is 16.6. The fourth-order valence-corrected chi connectivity index (χ4v) is 2.23. The summed E-state index contributed by atoms with van der Waals surface area (Å²) in [6, 6.07) is 5.91. The van der Waals surface area contributed by atoms with Gasteiger partial charge in [0, 0.05) is 18.7 Å². The first-order chi connectivity index (χ1) is 9.06. The van der Waals surface area contributed by atoms with Gasteiger partial charge in [0.15, 0.2) is 0 Å². The molecule has 0 spiro atoms. The van der Waals surface area contributed by atoms with E-state index in [1.807, 2.05) is 0 Å². The molecule has 0 saturated heterocycles. The maximum Gasteiger partial charge on any atom is 0.269 e. The van der Waals surface area contributed by atoms with Gasteiger partial charge in [-0.15, -0.1) is 0 Å². The molecule has 2 rings (SSSR count). The second-order valence-corrected chi connectivity index (χ2v) is 5.01. The lowest BCUT2D eigenvalue weighted by atomic mass is 9.82. The van der Waals surface area contributed by atoms with E-state index in [1.165, 1.54) is 12.1 Å². The van der Waals surface area contributed by atoms with E-state index in [1.54, 1.807) is 12.1 Å². The Balaban J connectivity index is 1.76. The van der Waals surface area contributed by atoms with Crippen molar-refractivity contribution in [1.82, 2.24) is 5.32 Å². The molecule has 19 heavy (non-hydrogen) atoms. The molecule has 6 nitrogen and oxygen atoms in total. The molecule has 0 amide bonds. The predicted molar refractivity (Wildman–Crippen MR) is 69.7 cm³/mol. The number of nitro benzene ring substituents is 1. The average Bonchev–Trinajstić information content (AvgIpc) is 2.36. The second kappa shape index (κ2) is 6.10. The van der Waals surface area contributed by atoms with Gasteiger partial charge in [0.05, 0.1) is 17.1 Å². The molecule has 3 N–H and O–H groups in total. The van der Waals surface area contributed by atoms with Crippen molar-refractivity contribution in [2.24, 2.45) is 5.92 Å².